The number of hydrogen-bond donors (Lipinski definition) is 0. The standard InChI is InChI=1S/C51H98O6/c1-6-8-9-10-11-12-22-25-31-36-41-49(52)55-44-48(45-56-50(53)42-37-32-28-27-30-35-40-47(5)7-2)57-51(54)43-38-33-26-23-20-18-16-14-13-15-17-19-21-24-29-34-39-46(3)4/h46-48H,6-45H2,1-5H3/t47?,48-/m0/s1. The van der Waals surface area contributed by atoms with Crippen LogP contribution < -0.4 is 0 Å². The van der Waals surface area contributed by atoms with Crippen LogP contribution >= 0.6 is 0 Å². The van der Waals surface area contributed by atoms with Crippen LogP contribution in [-0.2, 0) is 28.6 Å². The molecule has 0 aliphatic carbocycles. The third-order valence-electron chi connectivity index (χ3n) is 11.8. The molecule has 0 radical (unpaired) electrons. The van der Waals surface area contributed by atoms with Gasteiger partial charge in [-0.05, 0) is 31.1 Å². The van der Waals surface area contributed by atoms with Crippen molar-refractivity contribution in [3.63, 3.8) is 0 Å². The van der Waals surface area contributed by atoms with Gasteiger partial charge in [-0.2, -0.15) is 0 Å². The number of esters is 3. The molecule has 0 spiro atoms. The van der Waals surface area contributed by atoms with Crippen LogP contribution in [0.15, 0.2) is 0 Å². The molecule has 338 valence electrons. The second-order valence-corrected chi connectivity index (χ2v) is 18.2. The van der Waals surface area contributed by atoms with Gasteiger partial charge in [0.15, 0.2) is 6.10 Å². The summed E-state index contributed by atoms with van der Waals surface area (Å²) >= 11 is 0. The van der Waals surface area contributed by atoms with Gasteiger partial charge in [-0.15, -0.1) is 0 Å². The molecule has 0 saturated heterocycles. The van der Waals surface area contributed by atoms with Crippen molar-refractivity contribution in [2.24, 2.45) is 11.8 Å². The summed E-state index contributed by atoms with van der Waals surface area (Å²) in [6.07, 6.45) is 43.8. The van der Waals surface area contributed by atoms with E-state index in [1.54, 1.807) is 0 Å². The molecule has 6 heteroatoms. The summed E-state index contributed by atoms with van der Waals surface area (Å²) in [6, 6.07) is 0. The number of rotatable bonds is 45. The van der Waals surface area contributed by atoms with E-state index < -0.39 is 6.10 Å². The Bertz CT molecular complexity index is 872. The Morgan fingerprint density at radius 3 is 1.00 bits per heavy atom. The van der Waals surface area contributed by atoms with Crippen LogP contribution in [0.25, 0.3) is 0 Å². The Labute approximate surface area is 355 Å². The minimum atomic E-state index is -0.761. The normalized spacial score (nSPS) is 12.5. The van der Waals surface area contributed by atoms with Crippen molar-refractivity contribution >= 4 is 17.9 Å². The molecule has 57 heavy (non-hydrogen) atoms. The molecule has 0 heterocycles. The highest BCUT2D eigenvalue weighted by Crippen LogP contribution is 2.18. The number of carbonyl (C=O) groups is 3. The molecular formula is C51H98O6. The lowest BCUT2D eigenvalue weighted by atomic mass is 10.00. The summed E-state index contributed by atoms with van der Waals surface area (Å²) < 4.78 is 16.8. The molecule has 0 fully saturated rings. The SMILES string of the molecule is CCCCCCCCCCCCC(=O)OC[C@@H](COC(=O)CCCCCCCCC(C)CC)OC(=O)CCCCCCCCCCCCCCCCCCC(C)C. The minimum absolute atomic E-state index is 0.0647. The van der Waals surface area contributed by atoms with E-state index >= 15 is 0 Å². The van der Waals surface area contributed by atoms with Crippen molar-refractivity contribution < 1.29 is 28.6 Å². The average molecular weight is 807 g/mol. The summed E-state index contributed by atoms with van der Waals surface area (Å²) in [5, 5.41) is 0. The highest BCUT2D eigenvalue weighted by atomic mass is 16.6. The lowest BCUT2D eigenvalue weighted by molar-refractivity contribution is -0.167. The molecule has 0 bridgehead atoms. The van der Waals surface area contributed by atoms with Crippen molar-refractivity contribution in [3.8, 4) is 0 Å². The second kappa shape index (κ2) is 44.0. The maximum Gasteiger partial charge on any atom is 0.306 e. The van der Waals surface area contributed by atoms with E-state index in [1.807, 2.05) is 0 Å². The third kappa shape index (κ3) is 43.8. The third-order valence-corrected chi connectivity index (χ3v) is 11.8. The number of ether oxygens (including phenoxy) is 3. The van der Waals surface area contributed by atoms with Gasteiger partial charge in [0.25, 0.3) is 0 Å². The van der Waals surface area contributed by atoms with Gasteiger partial charge in [0.1, 0.15) is 13.2 Å². The van der Waals surface area contributed by atoms with Gasteiger partial charge in [-0.3, -0.25) is 14.4 Å². The van der Waals surface area contributed by atoms with Gasteiger partial charge in [-0.1, -0.05) is 240 Å². The topological polar surface area (TPSA) is 78.9 Å². The van der Waals surface area contributed by atoms with Crippen LogP contribution in [0.5, 0.6) is 0 Å². The summed E-state index contributed by atoms with van der Waals surface area (Å²) in [7, 11) is 0. The molecule has 0 aromatic carbocycles. The summed E-state index contributed by atoms with van der Waals surface area (Å²) in [5.74, 6) is 0.812. The van der Waals surface area contributed by atoms with Gasteiger partial charge in [0.05, 0.1) is 0 Å². The van der Waals surface area contributed by atoms with E-state index in [2.05, 4.69) is 34.6 Å². The van der Waals surface area contributed by atoms with Crippen molar-refractivity contribution in [2.75, 3.05) is 13.2 Å². The Morgan fingerprint density at radius 1 is 0.368 bits per heavy atom. The molecule has 0 aliphatic heterocycles. The summed E-state index contributed by atoms with van der Waals surface area (Å²) in [6.45, 7) is 11.3. The summed E-state index contributed by atoms with van der Waals surface area (Å²) in [5.41, 5.74) is 0. The van der Waals surface area contributed by atoms with Gasteiger partial charge >= 0.3 is 17.9 Å². The van der Waals surface area contributed by atoms with E-state index in [9.17, 15) is 14.4 Å². The molecule has 0 amide bonds. The Hall–Kier alpha value is -1.59. The predicted molar refractivity (Wildman–Crippen MR) is 243 cm³/mol. The molecule has 0 N–H and O–H groups in total. The minimum Gasteiger partial charge on any atom is -0.462 e. The number of unbranched alkanes of at least 4 members (excludes halogenated alkanes) is 29. The maximum absolute atomic E-state index is 12.8. The lowest BCUT2D eigenvalue weighted by Gasteiger charge is -2.18. The molecule has 0 aromatic heterocycles. The van der Waals surface area contributed by atoms with Crippen molar-refractivity contribution in [1.82, 2.24) is 0 Å². The number of hydrogen-bond acceptors (Lipinski definition) is 6. The zero-order chi connectivity index (χ0) is 41.9. The fourth-order valence-corrected chi connectivity index (χ4v) is 7.60. The molecular weight excluding hydrogens is 709 g/mol. The lowest BCUT2D eigenvalue weighted by Crippen LogP contribution is -2.30. The van der Waals surface area contributed by atoms with Crippen LogP contribution in [0.4, 0.5) is 0 Å². The average Bonchev–Trinajstić information content (AvgIpc) is 3.19. The Kier molecular flexibility index (Phi) is 42.7. The van der Waals surface area contributed by atoms with Gasteiger partial charge in [0, 0.05) is 19.3 Å². The van der Waals surface area contributed by atoms with Crippen molar-refractivity contribution in [3.05, 3.63) is 0 Å². The predicted octanol–water partition coefficient (Wildman–Crippen LogP) is 16.1. The van der Waals surface area contributed by atoms with E-state index in [1.165, 1.54) is 167 Å². The quantitative estimate of drug-likeness (QED) is 0.0346. The van der Waals surface area contributed by atoms with E-state index in [0.29, 0.717) is 19.3 Å². The van der Waals surface area contributed by atoms with Gasteiger partial charge in [0.2, 0.25) is 0 Å². The second-order valence-electron chi connectivity index (χ2n) is 18.2. The van der Waals surface area contributed by atoms with Gasteiger partial charge < -0.3 is 14.2 Å². The van der Waals surface area contributed by atoms with E-state index in [4.69, 9.17) is 14.2 Å². The molecule has 0 rings (SSSR count). The summed E-state index contributed by atoms with van der Waals surface area (Å²) in [4.78, 5) is 37.8. The maximum atomic E-state index is 12.8. The van der Waals surface area contributed by atoms with Gasteiger partial charge in [-0.25, -0.2) is 0 Å². The van der Waals surface area contributed by atoms with Crippen LogP contribution in [-0.4, -0.2) is 37.2 Å². The van der Waals surface area contributed by atoms with E-state index in [0.717, 1.165) is 69.6 Å². The van der Waals surface area contributed by atoms with Crippen LogP contribution in [0.2, 0.25) is 0 Å². The fraction of sp³-hybridized carbons (Fsp3) is 0.941. The molecule has 0 aromatic rings. The first-order valence-corrected chi connectivity index (χ1v) is 25.3. The van der Waals surface area contributed by atoms with E-state index in [-0.39, 0.29) is 31.1 Å². The number of carbonyl (C=O) groups excluding carboxylic acids is 3. The highest BCUT2D eigenvalue weighted by Gasteiger charge is 2.19. The largest absolute Gasteiger partial charge is 0.462 e. The fourth-order valence-electron chi connectivity index (χ4n) is 7.60. The monoisotopic (exact) mass is 807 g/mol. The smallest absolute Gasteiger partial charge is 0.306 e. The highest BCUT2D eigenvalue weighted by molar-refractivity contribution is 5.71. The molecule has 2 atom stereocenters. The van der Waals surface area contributed by atoms with Crippen molar-refractivity contribution in [1.29, 1.82) is 0 Å². The Balaban J connectivity index is 4.25. The molecule has 0 saturated carbocycles. The molecule has 6 nitrogen and oxygen atoms in total. The Morgan fingerprint density at radius 2 is 0.667 bits per heavy atom. The first-order chi connectivity index (χ1) is 27.8. The van der Waals surface area contributed by atoms with Crippen LogP contribution in [0.1, 0.15) is 279 Å². The first-order valence-electron chi connectivity index (χ1n) is 25.3. The first kappa shape index (κ1) is 55.4. The zero-order valence-corrected chi connectivity index (χ0v) is 39.0. The van der Waals surface area contributed by atoms with Crippen LogP contribution in [0.3, 0.4) is 0 Å². The molecule has 1 unspecified atom stereocenters. The van der Waals surface area contributed by atoms with Crippen molar-refractivity contribution in [2.45, 2.75) is 285 Å². The van der Waals surface area contributed by atoms with Crippen LogP contribution in [0, 0.1) is 11.8 Å². The zero-order valence-electron chi connectivity index (χ0n) is 39.0. The molecule has 0 aliphatic rings.